The molecule has 3 heterocycles. The second-order valence-corrected chi connectivity index (χ2v) is 7.36. The maximum absolute atomic E-state index is 12.7. The highest BCUT2D eigenvalue weighted by molar-refractivity contribution is 6.30. The number of aromatic nitrogens is 3. The van der Waals surface area contributed by atoms with Crippen LogP contribution in [0.3, 0.4) is 0 Å². The molecule has 1 atom stereocenters. The van der Waals surface area contributed by atoms with E-state index in [1.54, 1.807) is 17.1 Å². The van der Waals surface area contributed by atoms with Gasteiger partial charge in [-0.3, -0.25) is 9.48 Å². The summed E-state index contributed by atoms with van der Waals surface area (Å²) in [6.45, 7) is 2.92. The van der Waals surface area contributed by atoms with E-state index in [9.17, 15) is 4.79 Å². The summed E-state index contributed by atoms with van der Waals surface area (Å²) in [6.07, 6.45) is 7.84. The zero-order valence-corrected chi connectivity index (χ0v) is 15.9. The Morgan fingerprint density at radius 1 is 1.30 bits per heavy atom. The fraction of sp³-hybridized carbons (Fsp3) is 0.350. The molecule has 0 N–H and O–H groups in total. The average molecular weight is 385 g/mol. The Morgan fingerprint density at radius 3 is 2.85 bits per heavy atom. The van der Waals surface area contributed by atoms with Crippen molar-refractivity contribution in [1.82, 2.24) is 19.7 Å². The van der Waals surface area contributed by atoms with Crippen LogP contribution in [0.15, 0.2) is 47.3 Å². The third-order valence-electron chi connectivity index (χ3n) is 4.78. The third kappa shape index (κ3) is 4.06. The van der Waals surface area contributed by atoms with Gasteiger partial charge in [0, 0.05) is 24.2 Å². The summed E-state index contributed by atoms with van der Waals surface area (Å²) in [6, 6.07) is 7.57. The molecule has 1 saturated heterocycles. The maximum atomic E-state index is 12.7. The number of halogens is 1. The lowest BCUT2D eigenvalue weighted by molar-refractivity contribution is -0.133. The molecule has 3 aromatic rings. The van der Waals surface area contributed by atoms with Gasteiger partial charge in [-0.1, -0.05) is 23.7 Å². The predicted octanol–water partition coefficient (Wildman–Crippen LogP) is 3.79. The molecule has 0 saturated carbocycles. The Kier molecular flexibility index (Phi) is 4.99. The van der Waals surface area contributed by atoms with Crippen molar-refractivity contribution in [2.75, 3.05) is 6.54 Å². The van der Waals surface area contributed by atoms with Crippen molar-refractivity contribution < 1.29 is 9.21 Å². The average Bonchev–Trinajstić information content (AvgIpc) is 3.37. The highest BCUT2D eigenvalue weighted by Crippen LogP contribution is 2.32. The van der Waals surface area contributed by atoms with Crippen LogP contribution < -0.4 is 0 Å². The number of likely N-dealkylation sites (tertiary alicyclic amines) is 1. The largest absolute Gasteiger partial charge is 0.443 e. The molecule has 0 unspecified atom stereocenters. The van der Waals surface area contributed by atoms with E-state index in [-0.39, 0.29) is 18.5 Å². The van der Waals surface area contributed by atoms with Gasteiger partial charge in [-0.05, 0) is 43.0 Å². The lowest BCUT2D eigenvalue weighted by Gasteiger charge is -2.22. The van der Waals surface area contributed by atoms with E-state index in [0.29, 0.717) is 17.3 Å². The molecule has 1 fully saturated rings. The molecule has 1 amide bonds. The number of rotatable bonds is 5. The van der Waals surface area contributed by atoms with Crippen molar-refractivity contribution in [3.05, 3.63) is 70.7 Å². The second kappa shape index (κ2) is 7.56. The second-order valence-electron chi connectivity index (χ2n) is 6.93. The number of nitrogens with zero attached hydrogens (tertiary/aromatic N) is 4. The third-order valence-corrected chi connectivity index (χ3v) is 5.03. The van der Waals surface area contributed by atoms with E-state index in [0.717, 1.165) is 36.3 Å². The summed E-state index contributed by atoms with van der Waals surface area (Å²) >= 11 is 5.93. The molecule has 0 bridgehead atoms. The minimum atomic E-state index is -0.104. The topological polar surface area (TPSA) is 64.2 Å². The van der Waals surface area contributed by atoms with Crippen LogP contribution >= 0.6 is 11.6 Å². The summed E-state index contributed by atoms with van der Waals surface area (Å²) in [4.78, 5) is 19.0. The molecule has 1 aliphatic heterocycles. The van der Waals surface area contributed by atoms with Gasteiger partial charge in [-0.2, -0.15) is 5.10 Å². The zero-order chi connectivity index (χ0) is 18.8. The molecule has 0 aliphatic carbocycles. The minimum absolute atomic E-state index is 0.0399. The predicted molar refractivity (Wildman–Crippen MR) is 101 cm³/mol. The molecule has 0 radical (unpaired) electrons. The van der Waals surface area contributed by atoms with E-state index in [4.69, 9.17) is 16.0 Å². The first-order chi connectivity index (χ1) is 13.1. The van der Waals surface area contributed by atoms with E-state index < -0.39 is 0 Å². The molecular weight excluding hydrogens is 364 g/mol. The van der Waals surface area contributed by atoms with Gasteiger partial charge in [0.15, 0.2) is 0 Å². The van der Waals surface area contributed by atoms with Crippen LogP contribution in [0.4, 0.5) is 0 Å². The molecule has 1 aliphatic rings. The monoisotopic (exact) mass is 384 g/mol. The Bertz CT molecular complexity index is 932. The standard InChI is InChI=1S/C20H21ClN4O2/c1-14-10-23-24(12-14)13-19(26)25-8-2-3-18(25)20-22-11-17(27-20)9-15-4-6-16(21)7-5-15/h4-7,10-12,18H,2-3,8-9,13H2,1H3/t18-/m0/s1. The summed E-state index contributed by atoms with van der Waals surface area (Å²) in [7, 11) is 0. The normalized spacial score (nSPS) is 16.8. The highest BCUT2D eigenvalue weighted by atomic mass is 35.5. The summed E-state index contributed by atoms with van der Waals surface area (Å²) in [5, 5.41) is 4.92. The van der Waals surface area contributed by atoms with Gasteiger partial charge in [0.05, 0.1) is 12.4 Å². The Labute approximate surface area is 162 Å². The summed E-state index contributed by atoms with van der Waals surface area (Å²) in [5.74, 6) is 1.44. The molecule has 6 nitrogen and oxygen atoms in total. The van der Waals surface area contributed by atoms with Crippen molar-refractivity contribution in [2.24, 2.45) is 0 Å². The Hall–Kier alpha value is -2.60. The SMILES string of the molecule is Cc1cnn(CC(=O)N2CCC[C@H]2c2ncc(Cc3ccc(Cl)cc3)o2)c1. The van der Waals surface area contributed by atoms with Gasteiger partial charge in [0.25, 0.3) is 0 Å². The first-order valence-corrected chi connectivity index (χ1v) is 9.44. The smallest absolute Gasteiger partial charge is 0.244 e. The van der Waals surface area contributed by atoms with E-state index in [2.05, 4.69) is 10.1 Å². The van der Waals surface area contributed by atoms with E-state index >= 15 is 0 Å². The van der Waals surface area contributed by atoms with Crippen LogP contribution in [-0.4, -0.2) is 32.1 Å². The van der Waals surface area contributed by atoms with Crippen LogP contribution in [0.1, 0.15) is 41.7 Å². The highest BCUT2D eigenvalue weighted by Gasteiger charge is 2.33. The van der Waals surface area contributed by atoms with Gasteiger partial charge in [-0.25, -0.2) is 4.98 Å². The van der Waals surface area contributed by atoms with Crippen LogP contribution in [-0.2, 0) is 17.8 Å². The molecule has 1 aromatic carbocycles. The van der Waals surface area contributed by atoms with Gasteiger partial charge in [-0.15, -0.1) is 0 Å². The van der Waals surface area contributed by atoms with E-state index in [1.165, 1.54) is 0 Å². The summed E-state index contributed by atoms with van der Waals surface area (Å²) in [5.41, 5.74) is 2.15. The van der Waals surface area contributed by atoms with Crippen LogP contribution in [0, 0.1) is 6.92 Å². The van der Waals surface area contributed by atoms with Crippen LogP contribution in [0.5, 0.6) is 0 Å². The number of hydrogen-bond donors (Lipinski definition) is 0. The Morgan fingerprint density at radius 2 is 2.11 bits per heavy atom. The molecule has 4 rings (SSSR count). The lowest BCUT2D eigenvalue weighted by atomic mass is 10.1. The fourth-order valence-electron chi connectivity index (χ4n) is 3.47. The fourth-order valence-corrected chi connectivity index (χ4v) is 3.59. The number of hydrogen-bond acceptors (Lipinski definition) is 4. The number of amides is 1. The van der Waals surface area contributed by atoms with Crippen molar-refractivity contribution >= 4 is 17.5 Å². The van der Waals surface area contributed by atoms with Gasteiger partial charge in [0.2, 0.25) is 11.8 Å². The van der Waals surface area contributed by atoms with Gasteiger partial charge < -0.3 is 9.32 Å². The van der Waals surface area contributed by atoms with Gasteiger partial charge in [0.1, 0.15) is 18.3 Å². The molecule has 0 spiro atoms. The maximum Gasteiger partial charge on any atom is 0.244 e. The molecule has 2 aromatic heterocycles. The number of aryl methyl sites for hydroxylation is 1. The minimum Gasteiger partial charge on any atom is -0.443 e. The lowest BCUT2D eigenvalue weighted by Crippen LogP contribution is -2.33. The number of carbonyl (C=O) groups excluding carboxylic acids is 1. The number of carbonyl (C=O) groups is 1. The van der Waals surface area contributed by atoms with Crippen LogP contribution in [0.2, 0.25) is 5.02 Å². The molecule has 27 heavy (non-hydrogen) atoms. The molecule has 140 valence electrons. The number of oxazole rings is 1. The summed E-state index contributed by atoms with van der Waals surface area (Å²) < 4.78 is 7.65. The van der Waals surface area contributed by atoms with Crippen molar-refractivity contribution in [3.8, 4) is 0 Å². The van der Waals surface area contributed by atoms with Crippen molar-refractivity contribution in [1.29, 1.82) is 0 Å². The number of benzene rings is 1. The van der Waals surface area contributed by atoms with Gasteiger partial charge >= 0.3 is 0 Å². The van der Waals surface area contributed by atoms with Crippen molar-refractivity contribution in [3.63, 3.8) is 0 Å². The Balaban J connectivity index is 1.45. The quantitative estimate of drug-likeness (QED) is 0.671. The first-order valence-electron chi connectivity index (χ1n) is 9.06. The van der Waals surface area contributed by atoms with Crippen molar-refractivity contribution in [2.45, 2.75) is 38.8 Å². The van der Waals surface area contributed by atoms with Crippen LogP contribution in [0.25, 0.3) is 0 Å². The molecule has 7 heteroatoms. The zero-order valence-electron chi connectivity index (χ0n) is 15.1. The van der Waals surface area contributed by atoms with E-state index in [1.807, 2.05) is 42.3 Å². The first kappa shape index (κ1) is 17.8. The molecular formula is C20H21ClN4O2.